The van der Waals surface area contributed by atoms with Crippen LogP contribution in [0.25, 0.3) is 0 Å². The van der Waals surface area contributed by atoms with Gasteiger partial charge in [-0.1, -0.05) is 101 Å². The third-order valence-electron chi connectivity index (χ3n) is 8.22. The molecule has 10 heteroatoms. The first-order valence-corrected chi connectivity index (χ1v) is 17.9. The van der Waals surface area contributed by atoms with Crippen LogP contribution in [-0.2, 0) is 32.6 Å². The Labute approximate surface area is 284 Å². The molecule has 0 saturated heterocycles. The molecule has 1 fully saturated rings. The predicted octanol–water partition coefficient (Wildman–Crippen LogP) is 7.31. The maximum atomic E-state index is 14.6. The van der Waals surface area contributed by atoms with E-state index in [1.165, 1.54) is 17.0 Å². The SMILES string of the molecule is Cc1ccc(S(=O)(=O)N(CC(=O)N(Cc2cccc(Cl)c2)[C@@H](Cc2ccccc2)C(=O)NC2CCCC2)c2ccc(Br)cc2)cc1. The average molecular weight is 723 g/mol. The molecule has 0 aromatic heterocycles. The van der Waals surface area contributed by atoms with Gasteiger partial charge in [0.15, 0.2) is 0 Å². The zero-order valence-corrected chi connectivity index (χ0v) is 28.8. The molecule has 0 bridgehead atoms. The fourth-order valence-electron chi connectivity index (χ4n) is 5.73. The zero-order chi connectivity index (χ0) is 32.7. The Balaban J connectivity index is 1.56. The molecule has 0 heterocycles. The largest absolute Gasteiger partial charge is 0.352 e. The minimum Gasteiger partial charge on any atom is -0.352 e. The van der Waals surface area contributed by atoms with E-state index in [-0.39, 0.29) is 29.8 Å². The minimum atomic E-state index is -4.17. The van der Waals surface area contributed by atoms with E-state index in [9.17, 15) is 18.0 Å². The molecule has 4 aromatic rings. The minimum absolute atomic E-state index is 0.0371. The smallest absolute Gasteiger partial charge is 0.264 e. The summed E-state index contributed by atoms with van der Waals surface area (Å²) in [5, 5.41) is 3.69. The molecule has 4 aromatic carbocycles. The summed E-state index contributed by atoms with van der Waals surface area (Å²) < 4.78 is 30.2. The highest BCUT2D eigenvalue weighted by Gasteiger charge is 2.35. The fraction of sp³-hybridized carbons (Fsp3) is 0.278. The summed E-state index contributed by atoms with van der Waals surface area (Å²) >= 11 is 9.75. The van der Waals surface area contributed by atoms with Crippen molar-refractivity contribution in [2.24, 2.45) is 0 Å². The fourth-order valence-corrected chi connectivity index (χ4v) is 7.62. The summed E-state index contributed by atoms with van der Waals surface area (Å²) in [6, 6.07) is 29.1. The van der Waals surface area contributed by atoms with Crippen molar-refractivity contribution in [3.8, 4) is 0 Å². The number of nitrogens with zero attached hydrogens (tertiary/aromatic N) is 2. The van der Waals surface area contributed by atoms with Gasteiger partial charge in [0.05, 0.1) is 10.6 Å². The van der Waals surface area contributed by atoms with Gasteiger partial charge in [-0.15, -0.1) is 0 Å². The number of halogens is 2. The van der Waals surface area contributed by atoms with Crippen LogP contribution >= 0.6 is 27.5 Å². The highest BCUT2D eigenvalue weighted by Crippen LogP contribution is 2.27. The summed E-state index contributed by atoms with van der Waals surface area (Å²) in [5.41, 5.74) is 2.85. The molecule has 0 spiro atoms. The van der Waals surface area contributed by atoms with E-state index in [4.69, 9.17) is 11.6 Å². The van der Waals surface area contributed by atoms with Crippen molar-refractivity contribution >= 4 is 55.1 Å². The number of rotatable bonds is 12. The van der Waals surface area contributed by atoms with Crippen molar-refractivity contribution in [2.45, 2.75) is 62.6 Å². The number of carbonyl (C=O) groups excluding carboxylic acids is 2. The Morgan fingerprint density at radius 1 is 0.891 bits per heavy atom. The molecule has 1 atom stereocenters. The van der Waals surface area contributed by atoms with E-state index in [1.807, 2.05) is 43.3 Å². The lowest BCUT2D eigenvalue weighted by molar-refractivity contribution is -0.140. The lowest BCUT2D eigenvalue weighted by atomic mass is 10.0. The monoisotopic (exact) mass is 721 g/mol. The van der Waals surface area contributed by atoms with Gasteiger partial charge in [-0.2, -0.15) is 0 Å². The van der Waals surface area contributed by atoms with Crippen molar-refractivity contribution in [2.75, 3.05) is 10.8 Å². The van der Waals surface area contributed by atoms with Crippen LogP contribution in [0.5, 0.6) is 0 Å². The normalized spacial score (nSPS) is 14.1. The van der Waals surface area contributed by atoms with Gasteiger partial charge in [0.1, 0.15) is 12.6 Å². The topological polar surface area (TPSA) is 86.8 Å². The Kier molecular flexibility index (Phi) is 11.2. The van der Waals surface area contributed by atoms with Crippen LogP contribution in [0.3, 0.4) is 0 Å². The van der Waals surface area contributed by atoms with E-state index in [0.717, 1.165) is 51.2 Å². The molecule has 0 unspecified atom stereocenters. The number of amides is 2. The number of aryl methyl sites for hydroxylation is 1. The summed E-state index contributed by atoms with van der Waals surface area (Å²) in [6.07, 6.45) is 4.11. The highest BCUT2D eigenvalue weighted by molar-refractivity contribution is 9.10. The lowest BCUT2D eigenvalue weighted by Crippen LogP contribution is -2.54. The first-order chi connectivity index (χ1) is 22.1. The Bertz CT molecular complexity index is 1750. The third-order valence-corrected chi connectivity index (χ3v) is 10.8. The third kappa shape index (κ3) is 8.57. The van der Waals surface area contributed by atoms with Gasteiger partial charge in [-0.3, -0.25) is 13.9 Å². The van der Waals surface area contributed by atoms with Crippen LogP contribution in [0.15, 0.2) is 112 Å². The lowest BCUT2D eigenvalue weighted by Gasteiger charge is -2.34. The van der Waals surface area contributed by atoms with E-state index >= 15 is 0 Å². The number of carbonyl (C=O) groups is 2. The Morgan fingerprint density at radius 2 is 1.54 bits per heavy atom. The maximum absolute atomic E-state index is 14.6. The zero-order valence-electron chi connectivity index (χ0n) is 25.6. The molecule has 7 nitrogen and oxygen atoms in total. The van der Waals surface area contributed by atoms with Crippen molar-refractivity contribution in [3.63, 3.8) is 0 Å². The summed E-state index contributed by atoms with van der Waals surface area (Å²) in [4.78, 5) is 30.2. The van der Waals surface area contributed by atoms with Crippen LogP contribution in [0.1, 0.15) is 42.4 Å². The number of hydrogen-bond donors (Lipinski definition) is 1. The van der Waals surface area contributed by atoms with Gasteiger partial charge < -0.3 is 10.2 Å². The average Bonchev–Trinajstić information content (AvgIpc) is 3.55. The van der Waals surface area contributed by atoms with Crippen LogP contribution < -0.4 is 9.62 Å². The molecule has 1 N–H and O–H groups in total. The molecular weight excluding hydrogens is 686 g/mol. The molecule has 5 rings (SSSR count). The second kappa shape index (κ2) is 15.3. The number of anilines is 1. The molecular formula is C36H37BrClN3O4S. The second-order valence-electron chi connectivity index (χ2n) is 11.6. The van der Waals surface area contributed by atoms with Crippen LogP contribution in [0, 0.1) is 6.92 Å². The van der Waals surface area contributed by atoms with Gasteiger partial charge in [0, 0.05) is 28.5 Å². The van der Waals surface area contributed by atoms with E-state index in [1.54, 1.807) is 54.6 Å². The van der Waals surface area contributed by atoms with Crippen molar-refractivity contribution in [1.29, 1.82) is 0 Å². The molecule has 1 saturated carbocycles. The highest BCUT2D eigenvalue weighted by atomic mass is 79.9. The summed E-state index contributed by atoms with van der Waals surface area (Å²) in [7, 11) is -4.17. The van der Waals surface area contributed by atoms with Gasteiger partial charge in [0.2, 0.25) is 11.8 Å². The van der Waals surface area contributed by atoms with E-state index < -0.39 is 28.5 Å². The molecule has 2 amide bonds. The van der Waals surface area contributed by atoms with E-state index in [2.05, 4.69) is 21.2 Å². The number of hydrogen-bond acceptors (Lipinski definition) is 4. The van der Waals surface area contributed by atoms with Gasteiger partial charge in [-0.05, 0) is 79.4 Å². The summed E-state index contributed by atoms with van der Waals surface area (Å²) in [6.45, 7) is 1.43. The molecule has 46 heavy (non-hydrogen) atoms. The second-order valence-corrected chi connectivity index (χ2v) is 14.9. The van der Waals surface area contributed by atoms with Crippen LogP contribution in [0.4, 0.5) is 5.69 Å². The van der Waals surface area contributed by atoms with Crippen molar-refractivity contribution in [1.82, 2.24) is 10.2 Å². The van der Waals surface area contributed by atoms with Crippen LogP contribution in [-0.4, -0.2) is 43.8 Å². The van der Waals surface area contributed by atoms with E-state index in [0.29, 0.717) is 10.7 Å². The molecule has 1 aliphatic carbocycles. The number of sulfonamides is 1. The number of benzene rings is 4. The molecule has 0 aliphatic heterocycles. The van der Waals surface area contributed by atoms with Gasteiger partial charge in [-0.25, -0.2) is 8.42 Å². The van der Waals surface area contributed by atoms with Crippen LogP contribution in [0.2, 0.25) is 5.02 Å². The Morgan fingerprint density at radius 3 is 2.20 bits per heavy atom. The number of nitrogens with one attached hydrogen (secondary N) is 1. The first-order valence-electron chi connectivity index (χ1n) is 15.3. The molecule has 0 radical (unpaired) electrons. The van der Waals surface area contributed by atoms with Crippen molar-refractivity contribution in [3.05, 3.63) is 129 Å². The van der Waals surface area contributed by atoms with Crippen molar-refractivity contribution < 1.29 is 18.0 Å². The van der Waals surface area contributed by atoms with Gasteiger partial charge in [0.25, 0.3) is 10.0 Å². The summed E-state index contributed by atoms with van der Waals surface area (Å²) in [5.74, 6) is -0.774. The maximum Gasteiger partial charge on any atom is 0.264 e. The quantitative estimate of drug-likeness (QED) is 0.166. The molecule has 240 valence electrons. The first kappa shape index (κ1) is 33.7. The van der Waals surface area contributed by atoms with Gasteiger partial charge >= 0.3 is 0 Å². The predicted molar refractivity (Wildman–Crippen MR) is 186 cm³/mol. The molecule has 1 aliphatic rings. The standard InChI is InChI=1S/C36H37BrClN3O4S/c1-26-14-20-33(21-15-26)46(44,45)41(32-18-16-29(37)17-19-32)25-35(42)40(24-28-10-7-11-30(38)22-28)34(23-27-8-3-2-4-9-27)36(43)39-31-12-5-6-13-31/h2-4,7-11,14-22,31,34H,5-6,12-13,23-25H2,1H3,(H,39,43)/t34-/m0/s1. The Hall–Kier alpha value is -3.66.